The fourth-order valence-electron chi connectivity index (χ4n) is 5.00. The van der Waals surface area contributed by atoms with Crippen molar-refractivity contribution < 1.29 is 29.1 Å². The van der Waals surface area contributed by atoms with Gasteiger partial charge in [0.2, 0.25) is 0 Å². The number of non-ortho nitro benzene ring substituents is 1. The van der Waals surface area contributed by atoms with Crippen LogP contribution < -0.4 is 14.4 Å². The molecular formula is C28H21N3O7S. The normalized spacial score (nSPS) is 19.8. The summed E-state index contributed by atoms with van der Waals surface area (Å²) in [4.78, 5) is 43.8. The maximum atomic E-state index is 13.5. The molecule has 0 radical (unpaired) electrons. The number of benzene rings is 3. The molecular weight excluding hydrogens is 522 g/mol. The van der Waals surface area contributed by atoms with Crippen LogP contribution in [0.15, 0.2) is 66.2 Å². The molecule has 2 atom stereocenters. The number of carbonyl (C=O) groups excluding carboxylic acids is 2. The first-order chi connectivity index (χ1) is 18.7. The summed E-state index contributed by atoms with van der Waals surface area (Å²) >= 11 is 1.17. The molecule has 3 heterocycles. The number of thiazole rings is 1. The van der Waals surface area contributed by atoms with Crippen LogP contribution >= 0.6 is 11.3 Å². The lowest BCUT2D eigenvalue weighted by atomic mass is 9.94. The van der Waals surface area contributed by atoms with Crippen LogP contribution in [0.4, 0.5) is 10.8 Å². The van der Waals surface area contributed by atoms with Crippen LogP contribution in [0.2, 0.25) is 0 Å². The van der Waals surface area contributed by atoms with Crippen molar-refractivity contribution in [3.63, 3.8) is 0 Å². The second-order valence-electron chi connectivity index (χ2n) is 9.31. The smallest absolute Gasteiger partial charge is 0.301 e. The molecule has 1 saturated heterocycles. The SMILES string of the molecule is COc1ccc2nc(N3C(=O)C(=O)/C(=C(/O)c4ccc5c(c4)C[C@H](C)O5)[C@@H]3c3cccc([N+](=O)[O-])c3)sc2c1. The van der Waals surface area contributed by atoms with E-state index >= 15 is 0 Å². The minimum absolute atomic E-state index is 0.0227. The van der Waals surface area contributed by atoms with Gasteiger partial charge in [0.1, 0.15) is 23.4 Å². The number of hydrogen-bond acceptors (Lipinski definition) is 9. The van der Waals surface area contributed by atoms with Crippen LogP contribution in [0.25, 0.3) is 16.0 Å². The van der Waals surface area contributed by atoms with E-state index in [1.807, 2.05) is 6.92 Å². The minimum Gasteiger partial charge on any atom is -0.507 e. The molecule has 10 nitrogen and oxygen atoms in total. The van der Waals surface area contributed by atoms with Gasteiger partial charge < -0.3 is 14.6 Å². The van der Waals surface area contributed by atoms with Gasteiger partial charge in [0.25, 0.3) is 11.5 Å². The number of Topliss-reactive ketones (excluding diaryl/α,β-unsaturated/α-hetero) is 1. The van der Waals surface area contributed by atoms with Crippen molar-refractivity contribution in [2.45, 2.75) is 25.5 Å². The third-order valence-electron chi connectivity index (χ3n) is 6.80. The minimum atomic E-state index is -1.14. The molecule has 1 amide bonds. The molecule has 6 rings (SSSR count). The number of amides is 1. The van der Waals surface area contributed by atoms with Crippen LogP contribution in [0.1, 0.15) is 29.7 Å². The lowest BCUT2D eigenvalue weighted by molar-refractivity contribution is -0.384. The highest BCUT2D eigenvalue weighted by molar-refractivity contribution is 7.22. The molecule has 4 aromatic rings. The molecule has 3 aromatic carbocycles. The zero-order chi connectivity index (χ0) is 27.4. The molecule has 0 spiro atoms. The van der Waals surface area contributed by atoms with Gasteiger partial charge in [-0.25, -0.2) is 4.98 Å². The molecule has 1 aromatic heterocycles. The van der Waals surface area contributed by atoms with Crippen molar-refractivity contribution in [1.29, 1.82) is 0 Å². The van der Waals surface area contributed by atoms with Gasteiger partial charge in [0.15, 0.2) is 5.13 Å². The molecule has 0 bridgehead atoms. The number of nitro benzene ring substituents is 1. The Kier molecular flexibility index (Phi) is 5.80. The number of ketones is 1. The third kappa shape index (κ3) is 4.07. The molecule has 1 N–H and O–H groups in total. The predicted molar refractivity (Wildman–Crippen MR) is 144 cm³/mol. The number of carbonyl (C=O) groups is 2. The number of aliphatic hydroxyl groups excluding tert-OH is 1. The van der Waals surface area contributed by atoms with Gasteiger partial charge in [-0.3, -0.25) is 24.6 Å². The Labute approximate surface area is 225 Å². The number of nitro groups is 1. The van der Waals surface area contributed by atoms with E-state index in [1.165, 1.54) is 41.5 Å². The molecule has 2 aliphatic heterocycles. The lowest BCUT2D eigenvalue weighted by Crippen LogP contribution is -2.29. The first-order valence-corrected chi connectivity index (χ1v) is 12.9. The van der Waals surface area contributed by atoms with E-state index < -0.39 is 22.7 Å². The monoisotopic (exact) mass is 543 g/mol. The summed E-state index contributed by atoms with van der Waals surface area (Å²) in [5, 5.41) is 23.2. The number of anilines is 1. The number of methoxy groups -OCH3 is 1. The highest BCUT2D eigenvalue weighted by Crippen LogP contribution is 2.45. The topological polar surface area (TPSA) is 132 Å². The number of rotatable bonds is 5. The number of nitrogens with zero attached hydrogens (tertiary/aromatic N) is 3. The Bertz CT molecular complexity index is 1730. The quantitative estimate of drug-likeness (QED) is 0.120. The zero-order valence-corrected chi connectivity index (χ0v) is 21.6. The van der Waals surface area contributed by atoms with E-state index in [1.54, 1.807) is 42.5 Å². The Morgan fingerprint density at radius 1 is 1.18 bits per heavy atom. The van der Waals surface area contributed by atoms with E-state index in [9.17, 15) is 24.8 Å². The largest absolute Gasteiger partial charge is 0.507 e. The third-order valence-corrected chi connectivity index (χ3v) is 7.82. The van der Waals surface area contributed by atoms with Gasteiger partial charge in [-0.15, -0.1) is 0 Å². The second-order valence-corrected chi connectivity index (χ2v) is 10.3. The summed E-state index contributed by atoms with van der Waals surface area (Å²) < 4.78 is 11.8. The first kappa shape index (κ1) is 24.6. The average molecular weight is 544 g/mol. The maximum absolute atomic E-state index is 13.5. The molecule has 0 saturated carbocycles. The van der Waals surface area contributed by atoms with Gasteiger partial charge >= 0.3 is 5.91 Å². The molecule has 196 valence electrons. The van der Waals surface area contributed by atoms with Gasteiger partial charge in [-0.2, -0.15) is 0 Å². The number of ether oxygens (including phenoxy) is 2. The van der Waals surface area contributed by atoms with Gasteiger partial charge in [0, 0.05) is 24.1 Å². The summed E-state index contributed by atoms with van der Waals surface area (Å²) in [7, 11) is 1.54. The highest BCUT2D eigenvalue weighted by atomic mass is 32.1. The Morgan fingerprint density at radius 2 is 2.00 bits per heavy atom. The van der Waals surface area contributed by atoms with E-state index in [2.05, 4.69) is 4.98 Å². The zero-order valence-electron chi connectivity index (χ0n) is 20.8. The van der Waals surface area contributed by atoms with Crippen LogP contribution in [0.5, 0.6) is 11.5 Å². The molecule has 0 aliphatic carbocycles. The molecule has 39 heavy (non-hydrogen) atoms. The Hall–Kier alpha value is -4.77. The fraction of sp³-hybridized carbons (Fsp3) is 0.179. The molecule has 11 heteroatoms. The van der Waals surface area contributed by atoms with E-state index in [0.29, 0.717) is 34.6 Å². The number of aliphatic hydroxyl groups is 1. The van der Waals surface area contributed by atoms with E-state index in [0.717, 1.165) is 10.3 Å². The van der Waals surface area contributed by atoms with Crippen LogP contribution in [-0.2, 0) is 16.0 Å². The van der Waals surface area contributed by atoms with E-state index in [4.69, 9.17) is 9.47 Å². The fourth-order valence-corrected chi connectivity index (χ4v) is 6.02. The first-order valence-electron chi connectivity index (χ1n) is 12.0. The standard InChI is InChI=1S/C28H21N3O7S/c1-14-10-17-11-16(6-9-21(17)38-14)25(32)23-24(15-4-3-5-18(12-15)31(35)36)30(27(34)26(23)33)28-29-20-8-7-19(37-2)13-22(20)39-28/h3-9,11-14,24,32H,10H2,1-2H3/b25-23+/t14-,24-/m0/s1. The van der Waals surface area contributed by atoms with Crippen molar-refractivity contribution in [2.24, 2.45) is 0 Å². The van der Waals surface area contributed by atoms with E-state index in [-0.39, 0.29) is 28.3 Å². The molecule has 2 aliphatic rings. The molecule has 1 fully saturated rings. The number of aromatic nitrogens is 1. The Balaban J connectivity index is 1.55. The van der Waals surface area contributed by atoms with Crippen molar-refractivity contribution >= 4 is 49.8 Å². The van der Waals surface area contributed by atoms with Gasteiger partial charge in [-0.1, -0.05) is 23.5 Å². The average Bonchev–Trinajstić information content (AvgIpc) is 3.59. The molecule has 0 unspecified atom stereocenters. The predicted octanol–water partition coefficient (Wildman–Crippen LogP) is 5.16. The number of fused-ring (bicyclic) bond motifs is 2. The summed E-state index contributed by atoms with van der Waals surface area (Å²) in [5.74, 6) is -0.884. The summed E-state index contributed by atoms with van der Waals surface area (Å²) in [5.41, 5.74) is 1.70. The second kappa shape index (κ2) is 9.21. The van der Waals surface area contributed by atoms with Gasteiger partial charge in [0.05, 0.1) is 33.9 Å². The van der Waals surface area contributed by atoms with Crippen LogP contribution in [0.3, 0.4) is 0 Å². The van der Waals surface area contributed by atoms with Gasteiger partial charge in [-0.05, 0) is 54.4 Å². The summed E-state index contributed by atoms with van der Waals surface area (Å²) in [6, 6.07) is 14.8. The maximum Gasteiger partial charge on any atom is 0.301 e. The van der Waals surface area contributed by atoms with Crippen molar-refractivity contribution in [1.82, 2.24) is 4.98 Å². The number of hydrogen-bond donors (Lipinski definition) is 1. The lowest BCUT2D eigenvalue weighted by Gasteiger charge is -2.22. The van der Waals surface area contributed by atoms with Crippen molar-refractivity contribution in [3.8, 4) is 11.5 Å². The van der Waals surface area contributed by atoms with Crippen molar-refractivity contribution in [2.75, 3.05) is 12.0 Å². The van der Waals surface area contributed by atoms with Crippen LogP contribution in [-0.4, -0.2) is 39.9 Å². The summed E-state index contributed by atoms with van der Waals surface area (Å²) in [6.07, 6.45) is 0.611. The van der Waals surface area contributed by atoms with Crippen LogP contribution in [0, 0.1) is 10.1 Å². The Morgan fingerprint density at radius 3 is 2.77 bits per heavy atom. The van der Waals surface area contributed by atoms with Crippen molar-refractivity contribution in [3.05, 3.63) is 93.0 Å². The summed E-state index contributed by atoms with van der Waals surface area (Å²) in [6.45, 7) is 1.93. The highest BCUT2D eigenvalue weighted by Gasteiger charge is 2.48.